The van der Waals surface area contributed by atoms with Gasteiger partial charge in [0, 0.05) is 24.6 Å². The molecule has 0 unspecified atom stereocenters. The molecule has 0 fully saturated rings. The number of hydrogen-bond acceptors (Lipinski definition) is 6. The Labute approximate surface area is 179 Å². The molecular weight excluding hydrogens is 394 g/mol. The molecule has 0 atom stereocenters. The number of nitrogens with zero attached hydrogens (tertiary/aromatic N) is 2. The maximum Gasteiger partial charge on any atom is 0.251 e. The van der Waals surface area contributed by atoms with Gasteiger partial charge in [-0.05, 0) is 42.5 Å². The summed E-state index contributed by atoms with van der Waals surface area (Å²) >= 11 is 0. The number of carbonyl (C=O) groups excluding carboxylic acids is 1. The number of hydrogen-bond donors (Lipinski definition) is 1. The molecule has 0 saturated heterocycles. The molecule has 31 heavy (non-hydrogen) atoms. The fourth-order valence-corrected chi connectivity index (χ4v) is 2.89. The Morgan fingerprint density at radius 3 is 2.42 bits per heavy atom. The van der Waals surface area contributed by atoms with E-state index in [1.807, 2.05) is 54.6 Å². The Bertz CT molecular complexity index is 1140. The van der Waals surface area contributed by atoms with Crippen molar-refractivity contribution in [2.75, 3.05) is 0 Å². The summed E-state index contributed by atoms with van der Waals surface area (Å²) < 4.78 is 16.5. The number of aromatic nitrogens is 2. The van der Waals surface area contributed by atoms with E-state index in [1.54, 1.807) is 31.2 Å². The molecule has 1 amide bonds. The first kappa shape index (κ1) is 20.2. The largest absolute Gasteiger partial charge is 0.485 e. The molecule has 7 heteroatoms. The normalized spacial score (nSPS) is 10.5. The molecule has 4 aromatic rings. The lowest BCUT2D eigenvalue weighted by molar-refractivity contribution is 0.0950. The van der Waals surface area contributed by atoms with Crippen molar-refractivity contribution in [3.05, 3.63) is 102 Å². The fraction of sp³-hybridized carbons (Fsp3) is 0.125. The van der Waals surface area contributed by atoms with Crippen molar-refractivity contribution < 1.29 is 18.8 Å². The van der Waals surface area contributed by atoms with Gasteiger partial charge in [-0.3, -0.25) is 4.79 Å². The lowest BCUT2D eigenvalue weighted by atomic mass is 10.1. The van der Waals surface area contributed by atoms with Gasteiger partial charge in [0.25, 0.3) is 5.91 Å². The van der Waals surface area contributed by atoms with Crippen LogP contribution in [-0.2, 0) is 13.2 Å². The minimum Gasteiger partial charge on any atom is -0.485 e. The van der Waals surface area contributed by atoms with Crippen LogP contribution in [0.5, 0.6) is 17.2 Å². The molecule has 4 rings (SSSR count). The van der Waals surface area contributed by atoms with Crippen molar-refractivity contribution in [2.24, 2.45) is 0 Å². The van der Waals surface area contributed by atoms with Gasteiger partial charge in [-0.1, -0.05) is 41.6 Å². The van der Waals surface area contributed by atoms with Gasteiger partial charge in [-0.15, -0.1) is 0 Å². The lowest BCUT2D eigenvalue weighted by Gasteiger charge is -2.12. The third-order valence-electron chi connectivity index (χ3n) is 4.44. The summed E-state index contributed by atoms with van der Waals surface area (Å²) in [5.41, 5.74) is 1.42. The molecule has 0 bridgehead atoms. The summed E-state index contributed by atoms with van der Waals surface area (Å²) in [4.78, 5) is 16.6. The Kier molecular flexibility index (Phi) is 6.23. The van der Waals surface area contributed by atoms with Gasteiger partial charge in [0.1, 0.15) is 17.2 Å². The molecule has 156 valence electrons. The van der Waals surface area contributed by atoms with Crippen LogP contribution >= 0.6 is 0 Å². The molecule has 0 radical (unpaired) electrons. The standard InChI is InChI=1S/C24H21N3O4/c1-17-26-23(27-31-17)16-29-20-13-11-18(12-14-20)24(28)25-15-19-7-5-6-10-22(19)30-21-8-3-2-4-9-21/h2-14H,15-16H2,1H3,(H,25,28). The molecule has 1 aromatic heterocycles. The maximum absolute atomic E-state index is 12.6. The zero-order valence-corrected chi connectivity index (χ0v) is 16.9. The van der Waals surface area contributed by atoms with Crippen LogP contribution in [0.1, 0.15) is 27.6 Å². The van der Waals surface area contributed by atoms with Crippen molar-refractivity contribution in [1.82, 2.24) is 15.5 Å². The van der Waals surface area contributed by atoms with Crippen LogP contribution in [-0.4, -0.2) is 16.0 Å². The van der Waals surface area contributed by atoms with E-state index >= 15 is 0 Å². The maximum atomic E-state index is 12.6. The van der Waals surface area contributed by atoms with E-state index in [0.29, 0.717) is 35.3 Å². The molecule has 0 aliphatic heterocycles. The third-order valence-corrected chi connectivity index (χ3v) is 4.44. The molecular formula is C24H21N3O4. The number of ether oxygens (including phenoxy) is 2. The summed E-state index contributed by atoms with van der Waals surface area (Å²) in [6.07, 6.45) is 0. The Morgan fingerprint density at radius 1 is 0.935 bits per heavy atom. The molecule has 0 aliphatic carbocycles. The van der Waals surface area contributed by atoms with Crippen LogP contribution in [0, 0.1) is 6.92 Å². The van der Waals surface area contributed by atoms with Gasteiger partial charge in [-0.25, -0.2) is 0 Å². The number of amides is 1. The van der Waals surface area contributed by atoms with Crippen LogP contribution in [0.25, 0.3) is 0 Å². The first-order valence-corrected chi connectivity index (χ1v) is 9.78. The van der Waals surface area contributed by atoms with Gasteiger partial charge in [0.15, 0.2) is 6.61 Å². The second-order valence-corrected chi connectivity index (χ2v) is 6.75. The average Bonchev–Trinajstić information content (AvgIpc) is 3.23. The quantitative estimate of drug-likeness (QED) is 0.450. The van der Waals surface area contributed by atoms with Crippen molar-refractivity contribution in [2.45, 2.75) is 20.1 Å². The SMILES string of the molecule is Cc1nc(COc2ccc(C(=O)NCc3ccccc3Oc3ccccc3)cc2)no1. The zero-order chi connectivity index (χ0) is 21.5. The smallest absolute Gasteiger partial charge is 0.251 e. The van der Waals surface area contributed by atoms with E-state index in [9.17, 15) is 4.79 Å². The predicted octanol–water partition coefficient (Wildman–Crippen LogP) is 4.68. The van der Waals surface area contributed by atoms with Crippen LogP contribution < -0.4 is 14.8 Å². The summed E-state index contributed by atoms with van der Waals surface area (Å²) in [5.74, 6) is 2.83. The second-order valence-electron chi connectivity index (χ2n) is 6.75. The van der Waals surface area contributed by atoms with Crippen molar-refractivity contribution >= 4 is 5.91 Å². The van der Waals surface area contributed by atoms with Crippen LogP contribution in [0.2, 0.25) is 0 Å². The van der Waals surface area contributed by atoms with Crippen LogP contribution in [0.3, 0.4) is 0 Å². The van der Waals surface area contributed by atoms with E-state index in [1.165, 1.54) is 0 Å². The number of benzene rings is 3. The van der Waals surface area contributed by atoms with Gasteiger partial charge in [0.05, 0.1) is 0 Å². The zero-order valence-electron chi connectivity index (χ0n) is 16.9. The van der Waals surface area contributed by atoms with Crippen molar-refractivity contribution in [3.8, 4) is 17.2 Å². The summed E-state index contributed by atoms with van der Waals surface area (Å²) in [7, 11) is 0. The minimum atomic E-state index is -0.185. The number of aryl methyl sites for hydroxylation is 1. The highest BCUT2D eigenvalue weighted by Gasteiger charge is 2.09. The number of para-hydroxylation sites is 2. The lowest BCUT2D eigenvalue weighted by Crippen LogP contribution is -2.22. The average molecular weight is 415 g/mol. The van der Waals surface area contributed by atoms with Gasteiger partial charge in [-0.2, -0.15) is 4.98 Å². The molecule has 3 aromatic carbocycles. The third kappa shape index (κ3) is 5.48. The molecule has 1 heterocycles. The van der Waals surface area contributed by atoms with Crippen molar-refractivity contribution in [3.63, 3.8) is 0 Å². The van der Waals surface area contributed by atoms with Gasteiger partial charge < -0.3 is 19.3 Å². The molecule has 1 N–H and O–H groups in total. The number of rotatable bonds is 8. The fourth-order valence-electron chi connectivity index (χ4n) is 2.89. The second kappa shape index (κ2) is 9.58. The summed E-state index contributed by atoms with van der Waals surface area (Å²) in [5, 5.41) is 6.71. The molecule has 7 nitrogen and oxygen atoms in total. The first-order valence-electron chi connectivity index (χ1n) is 9.78. The van der Waals surface area contributed by atoms with Gasteiger partial charge >= 0.3 is 0 Å². The number of carbonyl (C=O) groups is 1. The first-order chi connectivity index (χ1) is 15.2. The monoisotopic (exact) mass is 415 g/mol. The molecule has 0 spiro atoms. The molecule has 0 saturated carbocycles. The highest BCUT2D eigenvalue weighted by molar-refractivity contribution is 5.94. The number of nitrogens with one attached hydrogen (secondary N) is 1. The van der Waals surface area contributed by atoms with E-state index in [2.05, 4.69) is 15.5 Å². The highest BCUT2D eigenvalue weighted by atomic mass is 16.5. The topological polar surface area (TPSA) is 86.5 Å². The Morgan fingerprint density at radius 2 is 1.68 bits per heavy atom. The molecule has 0 aliphatic rings. The summed E-state index contributed by atoms with van der Waals surface area (Å²) in [6.45, 7) is 2.26. The Balaban J connectivity index is 1.33. The minimum absolute atomic E-state index is 0.185. The van der Waals surface area contributed by atoms with E-state index in [-0.39, 0.29) is 12.5 Å². The van der Waals surface area contributed by atoms with Crippen molar-refractivity contribution in [1.29, 1.82) is 0 Å². The van der Waals surface area contributed by atoms with E-state index in [4.69, 9.17) is 14.0 Å². The summed E-state index contributed by atoms with van der Waals surface area (Å²) in [6, 6.07) is 24.0. The Hall–Kier alpha value is -4.13. The van der Waals surface area contributed by atoms with E-state index in [0.717, 1.165) is 11.3 Å². The van der Waals surface area contributed by atoms with Crippen LogP contribution in [0.4, 0.5) is 0 Å². The van der Waals surface area contributed by atoms with Gasteiger partial charge in [0.2, 0.25) is 11.7 Å². The van der Waals surface area contributed by atoms with E-state index < -0.39 is 0 Å². The predicted molar refractivity (Wildman–Crippen MR) is 114 cm³/mol. The highest BCUT2D eigenvalue weighted by Crippen LogP contribution is 2.25. The van der Waals surface area contributed by atoms with Crippen LogP contribution in [0.15, 0.2) is 83.4 Å².